The summed E-state index contributed by atoms with van der Waals surface area (Å²) in [6.07, 6.45) is 5.10. The largest absolute Gasteiger partial charge is 0.466 e. The van der Waals surface area contributed by atoms with Crippen molar-refractivity contribution in [2.75, 3.05) is 19.8 Å². The topological polar surface area (TPSA) is 35.5 Å². The first-order chi connectivity index (χ1) is 6.81. The van der Waals surface area contributed by atoms with E-state index in [1.165, 1.54) is 12.8 Å². The van der Waals surface area contributed by atoms with Gasteiger partial charge in [-0.15, -0.1) is 0 Å². The smallest absolute Gasteiger partial charge is 0.305 e. The lowest BCUT2D eigenvalue weighted by Crippen LogP contribution is -2.02. The van der Waals surface area contributed by atoms with Gasteiger partial charge in [-0.2, -0.15) is 0 Å². The third-order valence-electron chi connectivity index (χ3n) is 1.88. The van der Waals surface area contributed by atoms with Crippen LogP contribution in [0.4, 0.5) is 0 Å². The van der Waals surface area contributed by atoms with Gasteiger partial charge < -0.3 is 9.47 Å². The predicted octanol–water partition coefficient (Wildman–Crippen LogP) is 2.54. The molecule has 3 nitrogen and oxygen atoms in total. The molecule has 0 unspecified atom stereocenters. The maximum absolute atomic E-state index is 10.5. The van der Waals surface area contributed by atoms with E-state index in [9.17, 15) is 4.79 Å². The number of carbonyl (C=O) groups excluding carboxylic acids is 1. The number of carbonyl (C=O) groups is 1. The molecule has 0 aliphatic carbocycles. The molecule has 3 heteroatoms. The Balaban J connectivity index is 0.000000280. The molecule has 1 heterocycles. The Morgan fingerprint density at radius 2 is 1.93 bits per heavy atom. The zero-order chi connectivity index (χ0) is 10.6. The molecule has 0 amide bonds. The Labute approximate surface area is 86.8 Å². The van der Waals surface area contributed by atoms with Crippen molar-refractivity contribution in [3.63, 3.8) is 0 Å². The second kappa shape index (κ2) is 10.5. The number of ether oxygens (including phenoxy) is 2. The molecule has 0 radical (unpaired) electrons. The number of hydrogen-bond acceptors (Lipinski definition) is 3. The maximum Gasteiger partial charge on any atom is 0.305 e. The molecule has 0 bridgehead atoms. The van der Waals surface area contributed by atoms with Gasteiger partial charge in [0.15, 0.2) is 0 Å². The maximum atomic E-state index is 10.5. The minimum Gasteiger partial charge on any atom is -0.466 e. The molecule has 0 saturated carbocycles. The summed E-state index contributed by atoms with van der Waals surface area (Å²) in [4.78, 5) is 10.5. The molecule has 14 heavy (non-hydrogen) atoms. The van der Waals surface area contributed by atoms with Gasteiger partial charge in [0.05, 0.1) is 6.61 Å². The molecule has 0 aromatic carbocycles. The number of hydrogen-bond donors (Lipinski definition) is 0. The van der Waals surface area contributed by atoms with Crippen LogP contribution in [0.15, 0.2) is 0 Å². The summed E-state index contributed by atoms with van der Waals surface area (Å²) in [7, 11) is 0. The van der Waals surface area contributed by atoms with Crippen molar-refractivity contribution in [1.82, 2.24) is 0 Å². The lowest BCUT2D eigenvalue weighted by molar-refractivity contribution is -0.143. The standard InChI is InChI=1S/C7H14O2.C4H8O/c1-3-5-6-9-7(8)4-2;1-2-4-5-3-1/h3-6H2,1-2H3;1-4H2. The van der Waals surface area contributed by atoms with Gasteiger partial charge >= 0.3 is 5.97 Å². The molecule has 0 spiro atoms. The SMILES string of the molecule is C1CCOC1.CCCCOC(=O)CC. The third kappa shape index (κ3) is 9.52. The molecule has 0 atom stereocenters. The summed E-state index contributed by atoms with van der Waals surface area (Å²) in [6.45, 7) is 6.46. The quantitative estimate of drug-likeness (QED) is 0.519. The average molecular weight is 202 g/mol. The molecule has 0 aromatic heterocycles. The van der Waals surface area contributed by atoms with Crippen LogP contribution in [0.5, 0.6) is 0 Å². The summed E-state index contributed by atoms with van der Waals surface area (Å²) in [5, 5.41) is 0. The highest BCUT2D eigenvalue weighted by atomic mass is 16.5. The van der Waals surface area contributed by atoms with Crippen LogP contribution in [0.3, 0.4) is 0 Å². The van der Waals surface area contributed by atoms with Crippen molar-refractivity contribution in [2.24, 2.45) is 0 Å². The molecule has 1 aliphatic heterocycles. The first-order valence-electron chi connectivity index (χ1n) is 5.54. The van der Waals surface area contributed by atoms with E-state index in [-0.39, 0.29) is 5.97 Å². The summed E-state index contributed by atoms with van der Waals surface area (Å²) >= 11 is 0. The highest BCUT2D eigenvalue weighted by Crippen LogP contribution is 1.98. The molecular weight excluding hydrogens is 180 g/mol. The molecule has 0 aromatic rings. The lowest BCUT2D eigenvalue weighted by atomic mass is 10.4. The molecule has 1 rings (SSSR count). The summed E-state index contributed by atoms with van der Waals surface area (Å²) in [6, 6.07) is 0. The van der Waals surface area contributed by atoms with Gasteiger partial charge in [-0.05, 0) is 19.3 Å². The monoisotopic (exact) mass is 202 g/mol. The van der Waals surface area contributed by atoms with Gasteiger partial charge in [-0.1, -0.05) is 20.3 Å². The van der Waals surface area contributed by atoms with Crippen molar-refractivity contribution >= 4 is 5.97 Å². The van der Waals surface area contributed by atoms with E-state index in [0.29, 0.717) is 13.0 Å². The number of esters is 1. The van der Waals surface area contributed by atoms with Crippen molar-refractivity contribution in [1.29, 1.82) is 0 Å². The van der Waals surface area contributed by atoms with E-state index in [1.807, 2.05) is 0 Å². The highest BCUT2D eigenvalue weighted by Gasteiger charge is 1.95. The Hall–Kier alpha value is -0.570. The third-order valence-corrected chi connectivity index (χ3v) is 1.88. The zero-order valence-corrected chi connectivity index (χ0v) is 9.38. The van der Waals surface area contributed by atoms with Gasteiger partial charge in [-0.25, -0.2) is 0 Å². The van der Waals surface area contributed by atoms with E-state index < -0.39 is 0 Å². The van der Waals surface area contributed by atoms with Crippen LogP contribution in [0, 0.1) is 0 Å². The Kier molecular flexibility index (Phi) is 10.1. The van der Waals surface area contributed by atoms with E-state index in [0.717, 1.165) is 26.1 Å². The van der Waals surface area contributed by atoms with E-state index >= 15 is 0 Å². The fraction of sp³-hybridized carbons (Fsp3) is 0.909. The van der Waals surface area contributed by atoms with Crippen molar-refractivity contribution in [2.45, 2.75) is 46.0 Å². The Bertz CT molecular complexity index is 123. The van der Waals surface area contributed by atoms with E-state index in [4.69, 9.17) is 9.47 Å². The minimum absolute atomic E-state index is 0.0940. The first kappa shape index (κ1) is 13.4. The molecule has 84 valence electrons. The van der Waals surface area contributed by atoms with Crippen LogP contribution < -0.4 is 0 Å². The molecule has 1 saturated heterocycles. The average Bonchev–Trinajstić information content (AvgIpc) is 2.76. The van der Waals surface area contributed by atoms with Crippen molar-refractivity contribution < 1.29 is 14.3 Å². The number of rotatable bonds is 4. The summed E-state index contributed by atoms with van der Waals surface area (Å²) in [5.41, 5.74) is 0. The fourth-order valence-electron chi connectivity index (χ4n) is 0.943. The van der Waals surface area contributed by atoms with Gasteiger partial charge in [-0.3, -0.25) is 4.79 Å². The van der Waals surface area contributed by atoms with Crippen molar-refractivity contribution in [3.8, 4) is 0 Å². The van der Waals surface area contributed by atoms with Gasteiger partial charge in [0.25, 0.3) is 0 Å². The molecular formula is C11H22O3. The Morgan fingerprint density at radius 1 is 1.29 bits per heavy atom. The van der Waals surface area contributed by atoms with E-state index in [2.05, 4.69) is 6.92 Å². The van der Waals surface area contributed by atoms with Crippen LogP contribution in [0.2, 0.25) is 0 Å². The van der Waals surface area contributed by atoms with Gasteiger partial charge in [0.1, 0.15) is 0 Å². The summed E-state index contributed by atoms with van der Waals surface area (Å²) in [5.74, 6) is -0.0940. The predicted molar refractivity (Wildman–Crippen MR) is 56.2 cm³/mol. The zero-order valence-electron chi connectivity index (χ0n) is 9.38. The van der Waals surface area contributed by atoms with Crippen LogP contribution >= 0.6 is 0 Å². The van der Waals surface area contributed by atoms with Crippen LogP contribution in [-0.2, 0) is 14.3 Å². The normalized spacial score (nSPS) is 14.4. The lowest BCUT2D eigenvalue weighted by Gasteiger charge is -1.99. The van der Waals surface area contributed by atoms with Crippen LogP contribution in [0.1, 0.15) is 46.0 Å². The van der Waals surface area contributed by atoms with Crippen molar-refractivity contribution in [3.05, 3.63) is 0 Å². The highest BCUT2D eigenvalue weighted by molar-refractivity contribution is 5.68. The molecule has 0 N–H and O–H groups in total. The second-order valence-corrected chi connectivity index (χ2v) is 3.25. The first-order valence-corrected chi connectivity index (χ1v) is 5.54. The summed E-state index contributed by atoms with van der Waals surface area (Å²) < 4.78 is 9.74. The minimum atomic E-state index is -0.0940. The molecule has 1 aliphatic rings. The fourth-order valence-corrected chi connectivity index (χ4v) is 0.943. The van der Waals surface area contributed by atoms with Crippen LogP contribution in [0.25, 0.3) is 0 Å². The van der Waals surface area contributed by atoms with E-state index in [1.54, 1.807) is 6.92 Å². The van der Waals surface area contributed by atoms with Gasteiger partial charge in [0.2, 0.25) is 0 Å². The Morgan fingerprint density at radius 3 is 2.29 bits per heavy atom. The van der Waals surface area contributed by atoms with Gasteiger partial charge in [0, 0.05) is 19.6 Å². The number of unbranched alkanes of at least 4 members (excludes halogenated alkanes) is 1. The molecule has 1 fully saturated rings. The van der Waals surface area contributed by atoms with Crippen LogP contribution in [-0.4, -0.2) is 25.8 Å². The second-order valence-electron chi connectivity index (χ2n) is 3.25.